The molecule has 2 aromatic heterocycles. The van der Waals surface area contributed by atoms with Gasteiger partial charge in [0.15, 0.2) is 5.82 Å². The summed E-state index contributed by atoms with van der Waals surface area (Å²) in [6, 6.07) is 18.3. The fourth-order valence-electron chi connectivity index (χ4n) is 3.33. The normalized spacial score (nSPS) is 10.9. The van der Waals surface area contributed by atoms with Gasteiger partial charge in [-0.05, 0) is 36.8 Å². The third-order valence-electron chi connectivity index (χ3n) is 4.59. The molecule has 0 saturated carbocycles. The van der Waals surface area contributed by atoms with Gasteiger partial charge in [-0.1, -0.05) is 30.3 Å². The topological polar surface area (TPSA) is 52.0 Å². The number of hydrogen-bond acceptors (Lipinski definition) is 4. The summed E-state index contributed by atoms with van der Waals surface area (Å²) in [5, 5.41) is 3.43. The van der Waals surface area contributed by atoms with E-state index in [2.05, 4.69) is 45.3 Å². The van der Waals surface area contributed by atoms with Crippen LogP contribution in [0.3, 0.4) is 0 Å². The first-order valence-corrected chi connectivity index (χ1v) is 8.91. The second-order valence-corrected chi connectivity index (χ2v) is 6.60. The molecule has 0 radical (unpaired) electrons. The molecule has 4 rings (SSSR count). The summed E-state index contributed by atoms with van der Waals surface area (Å²) in [6.07, 6.45) is 2.99. The lowest BCUT2D eigenvalue weighted by molar-refractivity contribution is 0.415. The van der Waals surface area contributed by atoms with E-state index in [1.54, 1.807) is 7.11 Å². The van der Waals surface area contributed by atoms with Gasteiger partial charge in [-0.15, -0.1) is 0 Å². The number of nitrogens with zero attached hydrogens (tertiary/aromatic N) is 3. The molecule has 4 aromatic rings. The van der Waals surface area contributed by atoms with Crippen LogP contribution in [0.1, 0.15) is 17.0 Å². The number of nitrogens with one attached hydrogen (secondary N) is 1. The molecule has 0 amide bonds. The van der Waals surface area contributed by atoms with Gasteiger partial charge < -0.3 is 14.6 Å². The van der Waals surface area contributed by atoms with Crippen LogP contribution < -0.4 is 10.1 Å². The van der Waals surface area contributed by atoms with Crippen molar-refractivity contribution in [3.63, 3.8) is 0 Å². The van der Waals surface area contributed by atoms with Crippen LogP contribution in [0.4, 0.5) is 11.5 Å². The average Bonchev–Trinajstić information content (AvgIpc) is 2.98. The van der Waals surface area contributed by atoms with Crippen molar-refractivity contribution < 1.29 is 4.74 Å². The molecule has 0 unspecified atom stereocenters. The van der Waals surface area contributed by atoms with Gasteiger partial charge in [0.25, 0.3) is 0 Å². The highest BCUT2D eigenvalue weighted by molar-refractivity contribution is 5.91. The van der Waals surface area contributed by atoms with Crippen molar-refractivity contribution in [2.24, 2.45) is 7.05 Å². The van der Waals surface area contributed by atoms with Crippen molar-refractivity contribution in [1.29, 1.82) is 0 Å². The number of aromatic nitrogens is 3. The van der Waals surface area contributed by atoms with Crippen LogP contribution in [-0.4, -0.2) is 21.6 Å². The lowest BCUT2D eigenvalue weighted by Gasteiger charge is -2.10. The van der Waals surface area contributed by atoms with E-state index in [1.807, 2.05) is 44.3 Å². The van der Waals surface area contributed by atoms with Crippen molar-refractivity contribution in [2.45, 2.75) is 13.3 Å². The molecule has 136 valence electrons. The quantitative estimate of drug-likeness (QED) is 0.566. The highest BCUT2D eigenvalue weighted by Crippen LogP contribution is 2.29. The first kappa shape index (κ1) is 17.1. The second-order valence-electron chi connectivity index (χ2n) is 6.60. The summed E-state index contributed by atoms with van der Waals surface area (Å²) in [4.78, 5) is 9.38. The van der Waals surface area contributed by atoms with E-state index in [1.165, 1.54) is 11.1 Å². The molecule has 0 saturated heterocycles. The molecule has 0 aliphatic rings. The van der Waals surface area contributed by atoms with Gasteiger partial charge in [0.1, 0.15) is 17.1 Å². The minimum atomic E-state index is 0.749. The van der Waals surface area contributed by atoms with Crippen LogP contribution in [0, 0.1) is 6.92 Å². The van der Waals surface area contributed by atoms with E-state index in [4.69, 9.17) is 9.72 Å². The molecular formula is C22H22N4O. The minimum absolute atomic E-state index is 0.749. The van der Waals surface area contributed by atoms with E-state index in [0.717, 1.165) is 40.5 Å². The zero-order valence-electron chi connectivity index (χ0n) is 15.7. The number of aryl methyl sites for hydroxylation is 2. The number of fused-ring (bicyclic) bond motifs is 1. The number of benzene rings is 2. The third kappa shape index (κ3) is 3.49. The van der Waals surface area contributed by atoms with Gasteiger partial charge in [0.2, 0.25) is 0 Å². The zero-order chi connectivity index (χ0) is 18.8. The Kier molecular flexibility index (Phi) is 4.50. The van der Waals surface area contributed by atoms with E-state index in [0.29, 0.717) is 0 Å². The van der Waals surface area contributed by atoms with Gasteiger partial charge in [-0.3, -0.25) is 0 Å². The van der Waals surface area contributed by atoms with Crippen molar-refractivity contribution in [3.8, 4) is 5.75 Å². The van der Waals surface area contributed by atoms with E-state index in [-0.39, 0.29) is 0 Å². The summed E-state index contributed by atoms with van der Waals surface area (Å²) in [6.45, 7) is 1.93. The van der Waals surface area contributed by atoms with E-state index >= 15 is 0 Å². The molecule has 0 fully saturated rings. The molecule has 2 aromatic carbocycles. The fourth-order valence-corrected chi connectivity index (χ4v) is 3.33. The maximum absolute atomic E-state index is 5.23. The van der Waals surface area contributed by atoms with Crippen molar-refractivity contribution in [3.05, 3.63) is 77.7 Å². The monoisotopic (exact) mass is 358 g/mol. The molecule has 2 heterocycles. The van der Waals surface area contributed by atoms with Gasteiger partial charge in [0.05, 0.1) is 12.6 Å². The van der Waals surface area contributed by atoms with Crippen LogP contribution in [0.25, 0.3) is 11.0 Å². The largest absolute Gasteiger partial charge is 0.497 e. The Balaban J connectivity index is 1.75. The minimum Gasteiger partial charge on any atom is -0.497 e. The van der Waals surface area contributed by atoms with Gasteiger partial charge in [-0.25, -0.2) is 9.97 Å². The Labute approximate surface area is 158 Å². The van der Waals surface area contributed by atoms with Crippen LogP contribution in [0.5, 0.6) is 5.75 Å². The average molecular weight is 358 g/mol. The summed E-state index contributed by atoms with van der Waals surface area (Å²) >= 11 is 0. The predicted octanol–water partition coefficient (Wildman–Crippen LogP) is 4.62. The molecule has 27 heavy (non-hydrogen) atoms. The predicted molar refractivity (Wildman–Crippen MR) is 109 cm³/mol. The number of hydrogen-bond donors (Lipinski definition) is 1. The molecule has 0 spiro atoms. The first-order valence-electron chi connectivity index (χ1n) is 8.91. The number of methoxy groups -OCH3 is 1. The lowest BCUT2D eigenvalue weighted by Crippen LogP contribution is -2.01. The van der Waals surface area contributed by atoms with Crippen LogP contribution in [0.15, 0.2) is 60.8 Å². The van der Waals surface area contributed by atoms with Crippen LogP contribution in [-0.2, 0) is 13.5 Å². The molecule has 5 nitrogen and oxygen atoms in total. The highest BCUT2D eigenvalue weighted by Gasteiger charge is 2.15. The highest BCUT2D eigenvalue weighted by atomic mass is 16.5. The number of rotatable bonds is 5. The molecule has 0 aliphatic carbocycles. The summed E-state index contributed by atoms with van der Waals surface area (Å²) < 4.78 is 7.33. The second kappa shape index (κ2) is 7.11. The summed E-state index contributed by atoms with van der Waals surface area (Å²) in [5.41, 5.74) is 5.42. The Morgan fingerprint density at radius 3 is 2.44 bits per heavy atom. The molecule has 0 atom stereocenters. The SMILES string of the molecule is COc1ccc(Nc2nc(C)nc3c(Cc4ccccc4)cn(C)c23)cc1. The molecule has 0 aliphatic heterocycles. The molecule has 1 N–H and O–H groups in total. The fraction of sp³-hybridized carbons (Fsp3) is 0.182. The molecular weight excluding hydrogens is 336 g/mol. The van der Waals surface area contributed by atoms with E-state index < -0.39 is 0 Å². The van der Waals surface area contributed by atoms with Gasteiger partial charge in [-0.2, -0.15) is 0 Å². The summed E-state index contributed by atoms with van der Waals surface area (Å²) in [7, 11) is 3.70. The lowest BCUT2D eigenvalue weighted by atomic mass is 10.1. The van der Waals surface area contributed by atoms with Crippen LogP contribution in [0.2, 0.25) is 0 Å². The van der Waals surface area contributed by atoms with Crippen molar-refractivity contribution in [2.75, 3.05) is 12.4 Å². The van der Waals surface area contributed by atoms with Crippen molar-refractivity contribution >= 4 is 22.5 Å². The maximum atomic E-state index is 5.23. The number of anilines is 2. The summed E-state index contributed by atoms with van der Waals surface area (Å²) in [5.74, 6) is 2.39. The van der Waals surface area contributed by atoms with Gasteiger partial charge >= 0.3 is 0 Å². The Morgan fingerprint density at radius 2 is 1.74 bits per heavy atom. The number of ether oxygens (including phenoxy) is 1. The zero-order valence-corrected chi connectivity index (χ0v) is 15.7. The Bertz CT molecular complexity index is 1070. The maximum Gasteiger partial charge on any atom is 0.158 e. The van der Waals surface area contributed by atoms with E-state index in [9.17, 15) is 0 Å². The Hall–Kier alpha value is -3.34. The molecule has 0 bridgehead atoms. The molecule has 5 heteroatoms. The Morgan fingerprint density at radius 1 is 1.00 bits per heavy atom. The first-order chi connectivity index (χ1) is 13.1. The van der Waals surface area contributed by atoms with Gasteiger partial charge in [0, 0.05) is 30.9 Å². The standard InChI is InChI=1S/C22H22N4O/c1-15-23-20-17(13-16-7-5-4-6-8-16)14-26(2)21(20)22(24-15)25-18-9-11-19(27-3)12-10-18/h4-12,14H,13H2,1-3H3,(H,23,24,25). The van der Waals surface area contributed by atoms with Crippen LogP contribution >= 0.6 is 0 Å². The smallest absolute Gasteiger partial charge is 0.158 e. The third-order valence-corrected chi connectivity index (χ3v) is 4.59. The van der Waals surface area contributed by atoms with Crippen molar-refractivity contribution in [1.82, 2.24) is 14.5 Å².